The summed E-state index contributed by atoms with van der Waals surface area (Å²) in [6, 6.07) is 0. The van der Waals surface area contributed by atoms with Crippen molar-refractivity contribution in [1.29, 1.82) is 0 Å². The number of fused-ring (bicyclic) bond motifs is 3. The van der Waals surface area contributed by atoms with Crippen molar-refractivity contribution in [2.24, 2.45) is 0 Å². The molecule has 0 spiro atoms. The summed E-state index contributed by atoms with van der Waals surface area (Å²) in [6.45, 7) is 11.3. The first-order valence-electron chi connectivity index (χ1n) is 10.4. The SMILES string of the molecule is CC1(C)O[C@H]2OC(COCC(O)CNN3CCOCC3)[C@@H]3OC(C)(C)O[C@@H]3[C@H]2O1. The third-order valence-corrected chi connectivity index (χ3v) is 5.40. The lowest BCUT2D eigenvalue weighted by molar-refractivity contribution is -0.243. The van der Waals surface area contributed by atoms with Gasteiger partial charge >= 0.3 is 0 Å². The minimum absolute atomic E-state index is 0.190. The standard InChI is InChI=1S/C19H34N2O8/c1-18(2)26-14-13(25-17-16(15(14)27-18)28-19(3,4)29-17)11-24-10-12(22)9-20-21-5-7-23-8-6-21/h12-17,20,22H,5-11H2,1-4H3/t12?,13?,14-,15-,16+,17+/m0/s1. The van der Waals surface area contributed by atoms with Crippen LogP contribution in [-0.4, -0.2) is 105 Å². The summed E-state index contributed by atoms with van der Waals surface area (Å²) in [5.74, 6) is -1.48. The smallest absolute Gasteiger partial charge is 0.190 e. The Balaban J connectivity index is 1.26. The highest BCUT2D eigenvalue weighted by Crippen LogP contribution is 2.44. The van der Waals surface area contributed by atoms with Crippen molar-refractivity contribution in [2.45, 2.75) is 76.1 Å². The van der Waals surface area contributed by atoms with E-state index in [2.05, 4.69) is 5.43 Å². The molecule has 0 aliphatic carbocycles. The van der Waals surface area contributed by atoms with Gasteiger partial charge in [-0.2, -0.15) is 0 Å². The van der Waals surface area contributed by atoms with Crippen molar-refractivity contribution < 1.29 is 38.3 Å². The van der Waals surface area contributed by atoms with E-state index in [0.717, 1.165) is 13.1 Å². The summed E-state index contributed by atoms with van der Waals surface area (Å²) in [7, 11) is 0. The van der Waals surface area contributed by atoms with Gasteiger partial charge in [0.05, 0.1) is 32.5 Å². The van der Waals surface area contributed by atoms with Crippen molar-refractivity contribution in [3.8, 4) is 0 Å². The van der Waals surface area contributed by atoms with Gasteiger partial charge in [-0.1, -0.05) is 0 Å². The van der Waals surface area contributed by atoms with Gasteiger partial charge in [0, 0.05) is 19.6 Å². The Labute approximate surface area is 171 Å². The van der Waals surface area contributed by atoms with Crippen LogP contribution in [-0.2, 0) is 33.2 Å². The molecule has 6 atom stereocenters. The highest BCUT2D eigenvalue weighted by atomic mass is 16.9. The van der Waals surface area contributed by atoms with Crippen LogP contribution >= 0.6 is 0 Å². The van der Waals surface area contributed by atoms with Gasteiger partial charge in [0.25, 0.3) is 0 Å². The third kappa shape index (κ3) is 5.27. The van der Waals surface area contributed by atoms with Gasteiger partial charge in [0.2, 0.25) is 0 Å². The van der Waals surface area contributed by atoms with E-state index >= 15 is 0 Å². The lowest BCUT2D eigenvalue weighted by atomic mass is 9.99. The molecule has 4 aliphatic heterocycles. The number of hydrazine groups is 1. The maximum absolute atomic E-state index is 10.2. The van der Waals surface area contributed by atoms with Crippen molar-refractivity contribution in [2.75, 3.05) is 46.1 Å². The van der Waals surface area contributed by atoms with Gasteiger partial charge < -0.3 is 38.3 Å². The summed E-state index contributed by atoms with van der Waals surface area (Å²) >= 11 is 0. The number of aliphatic hydroxyl groups excluding tert-OH is 1. The molecule has 10 nitrogen and oxygen atoms in total. The molecule has 4 fully saturated rings. The van der Waals surface area contributed by atoms with E-state index < -0.39 is 24.0 Å². The molecule has 2 unspecified atom stereocenters. The van der Waals surface area contributed by atoms with Crippen LogP contribution in [0.3, 0.4) is 0 Å². The first kappa shape index (κ1) is 21.8. The maximum Gasteiger partial charge on any atom is 0.190 e. The molecule has 0 aromatic carbocycles. The number of nitrogens with one attached hydrogen (secondary N) is 1. The Hall–Kier alpha value is -0.400. The molecule has 29 heavy (non-hydrogen) atoms. The van der Waals surface area contributed by atoms with Crippen LogP contribution in [0.1, 0.15) is 27.7 Å². The molecule has 168 valence electrons. The normalized spacial score (nSPS) is 39.8. The molecule has 0 bridgehead atoms. The van der Waals surface area contributed by atoms with E-state index in [1.165, 1.54) is 0 Å². The molecule has 0 saturated carbocycles. The Morgan fingerprint density at radius 3 is 2.41 bits per heavy atom. The molecule has 0 aromatic rings. The van der Waals surface area contributed by atoms with Gasteiger partial charge in [0.1, 0.15) is 24.4 Å². The molecule has 0 aromatic heterocycles. The largest absolute Gasteiger partial charge is 0.389 e. The predicted octanol–water partition coefficient (Wildman–Crippen LogP) is -0.403. The van der Waals surface area contributed by atoms with Crippen molar-refractivity contribution >= 4 is 0 Å². The van der Waals surface area contributed by atoms with Gasteiger partial charge in [0.15, 0.2) is 17.9 Å². The number of rotatable bonds is 7. The Morgan fingerprint density at radius 2 is 1.66 bits per heavy atom. The van der Waals surface area contributed by atoms with Crippen LogP contribution in [0.4, 0.5) is 0 Å². The van der Waals surface area contributed by atoms with Gasteiger partial charge in [-0.25, -0.2) is 5.01 Å². The van der Waals surface area contributed by atoms with E-state index in [9.17, 15) is 5.11 Å². The van der Waals surface area contributed by atoms with E-state index in [1.807, 2.05) is 32.7 Å². The maximum atomic E-state index is 10.2. The fraction of sp³-hybridized carbons (Fsp3) is 1.00. The molecule has 2 N–H and O–H groups in total. The zero-order valence-corrected chi connectivity index (χ0v) is 17.7. The quantitative estimate of drug-likeness (QED) is 0.568. The third-order valence-electron chi connectivity index (χ3n) is 5.40. The van der Waals surface area contributed by atoms with Gasteiger partial charge in [-0.05, 0) is 27.7 Å². The second-order valence-corrected chi connectivity index (χ2v) is 8.86. The highest BCUT2D eigenvalue weighted by Gasteiger charge is 2.60. The summed E-state index contributed by atoms with van der Waals surface area (Å²) in [5, 5.41) is 12.3. The van der Waals surface area contributed by atoms with Crippen LogP contribution < -0.4 is 5.43 Å². The molecular formula is C19H34N2O8. The minimum Gasteiger partial charge on any atom is -0.389 e. The van der Waals surface area contributed by atoms with Crippen LogP contribution in [0.2, 0.25) is 0 Å². The van der Waals surface area contributed by atoms with E-state index in [4.69, 9.17) is 33.2 Å². The molecule has 10 heteroatoms. The molecule has 4 heterocycles. The molecular weight excluding hydrogens is 384 g/mol. The summed E-state index contributed by atoms with van der Waals surface area (Å²) in [6.07, 6.45) is -2.52. The molecule has 0 radical (unpaired) electrons. The number of hydrogen-bond acceptors (Lipinski definition) is 10. The average Bonchev–Trinajstić information content (AvgIpc) is 3.15. The Kier molecular flexibility index (Phi) is 6.48. The Bertz CT molecular complexity index is 556. The number of ether oxygens (including phenoxy) is 7. The van der Waals surface area contributed by atoms with Crippen molar-refractivity contribution in [3.05, 3.63) is 0 Å². The van der Waals surface area contributed by atoms with Crippen LogP contribution in [0.15, 0.2) is 0 Å². The lowest BCUT2D eigenvalue weighted by Gasteiger charge is -2.37. The number of hydrogen-bond donors (Lipinski definition) is 2. The molecule has 4 aliphatic rings. The second-order valence-electron chi connectivity index (χ2n) is 8.86. The fourth-order valence-corrected chi connectivity index (χ4v) is 4.16. The number of nitrogens with zero attached hydrogens (tertiary/aromatic N) is 1. The lowest BCUT2D eigenvalue weighted by Crippen LogP contribution is -2.56. The van der Waals surface area contributed by atoms with Crippen LogP contribution in [0.25, 0.3) is 0 Å². The second kappa shape index (κ2) is 8.62. The van der Waals surface area contributed by atoms with Crippen molar-refractivity contribution in [3.63, 3.8) is 0 Å². The van der Waals surface area contributed by atoms with Gasteiger partial charge in [-0.15, -0.1) is 0 Å². The summed E-state index contributed by atoms with van der Waals surface area (Å²) in [4.78, 5) is 0. The van der Waals surface area contributed by atoms with E-state index in [-0.39, 0.29) is 37.6 Å². The summed E-state index contributed by atoms with van der Waals surface area (Å²) < 4.78 is 41.2. The van der Waals surface area contributed by atoms with Crippen LogP contribution in [0, 0.1) is 0 Å². The molecule has 4 rings (SSSR count). The number of aliphatic hydroxyl groups is 1. The Morgan fingerprint density at radius 1 is 1.00 bits per heavy atom. The monoisotopic (exact) mass is 418 g/mol. The van der Waals surface area contributed by atoms with Crippen molar-refractivity contribution in [1.82, 2.24) is 10.4 Å². The van der Waals surface area contributed by atoms with E-state index in [1.54, 1.807) is 0 Å². The zero-order chi connectivity index (χ0) is 20.6. The molecule has 4 saturated heterocycles. The highest BCUT2D eigenvalue weighted by molar-refractivity contribution is 5.00. The topological polar surface area (TPSA) is 100 Å². The van der Waals surface area contributed by atoms with E-state index in [0.29, 0.717) is 19.8 Å². The predicted molar refractivity (Wildman–Crippen MR) is 99.7 cm³/mol. The molecule has 0 amide bonds. The fourth-order valence-electron chi connectivity index (χ4n) is 4.16. The zero-order valence-electron chi connectivity index (χ0n) is 17.7. The van der Waals surface area contributed by atoms with Gasteiger partial charge in [-0.3, -0.25) is 5.43 Å². The summed E-state index contributed by atoms with van der Waals surface area (Å²) in [5.41, 5.74) is 3.21. The number of morpholine rings is 1. The first-order chi connectivity index (χ1) is 13.7. The average molecular weight is 418 g/mol. The first-order valence-corrected chi connectivity index (χ1v) is 10.4. The van der Waals surface area contributed by atoms with Crippen LogP contribution in [0.5, 0.6) is 0 Å². The minimum atomic E-state index is -0.743.